The molecular formula is C13H25NO. The van der Waals surface area contributed by atoms with Gasteiger partial charge < -0.3 is 10.1 Å². The summed E-state index contributed by atoms with van der Waals surface area (Å²) in [6.07, 6.45) is 8.10. The molecule has 2 unspecified atom stereocenters. The van der Waals surface area contributed by atoms with Crippen LogP contribution in [0.5, 0.6) is 0 Å². The molecule has 2 atom stereocenters. The Kier molecular flexibility index (Phi) is 6.69. The number of ether oxygens (including phenoxy) is 1. The van der Waals surface area contributed by atoms with E-state index in [1.807, 2.05) is 6.08 Å². The van der Waals surface area contributed by atoms with Crippen molar-refractivity contribution in [2.45, 2.75) is 45.1 Å². The third kappa shape index (κ3) is 5.33. The Morgan fingerprint density at radius 2 is 2.47 bits per heavy atom. The summed E-state index contributed by atoms with van der Waals surface area (Å²) < 4.78 is 5.42. The van der Waals surface area contributed by atoms with Gasteiger partial charge in [0.05, 0.1) is 0 Å². The van der Waals surface area contributed by atoms with E-state index in [4.69, 9.17) is 4.74 Å². The van der Waals surface area contributed by atoms with Gasteiger partial charge in [-0.2, -0.15) is 0 Å². The van der Waals surface area contributed by atoms with Crippen LogP contribution >= 0.6 is 0 Å². The van der Waals surface area contributed by atoms with E-state index in [0.717, 1.165) is 32.1 Å². The molecule has 1 saturated heterocycles. The Hall–Kier alpha value is -0.340. The maximum Gasteiger partial charge on any atom is 0.0495 e. The monoisotopic (exact) mass is 211 g/mol. The first kappa shape index (κ1) is 12.7. The highest BCUT2D eigenvalue weighted by molar-refractivity contribution is 4.78. The quantitative estimate of drug-likeness (QED) is 0.623. The van der Waals surface area contributed by atoms with E-state index >= 15 is 0 Å². The molecule has 0 aliphatic carbocycles. The van der Waals surface area contributed by atoms with Crippen LogP contribution < -0.4 is 5.32 Å². The Morgan fingerprint density at radius 1 is 1.60 bits per heavy atom. The summed E-state index contributed by atoms with van der Waals surface area (Å²) in [7, 11) is 0. The molecular weight excluding hydrogens is 186 g/mol. The summed E-state index contributed by atoms with van der Waals surface area (Å²) in [6, 6.07) is 0.662. The zero-order chi connectivity index (χ0) is 10.9. The average molecular weight is 211 g/mol. The topological polar surface area (TPSA) is 21.3 Å². The summed E-state index contributed by atoms with van der Waals surface area (Å²) in [4.78, 5) is 0. The molecule has 1 rings (SSSR count). The van der Waals surface area contributed by atoms with Gasteiger partial charge in [0.15, 0.2) is 0 Å². The maximum atomic E-state index is 5.42. The molecule has 1 N–H and O–H groups in total. The van der Waals surface area contributed by atoms with Crippen molar-refractivity contribution in [1.82, 2.24) is 5.32 Å². The van der Waals surface area contributed by atoms with Gasteiger partial charge in [0.1, 0.15) is 0 Å². The Morgan fingerprint density at radius 3 is 3.07 bits per heavy atom. The Labute approximate surface area is 94.1 Å². The minimum Gasteiger partial charge on any atom is -0.381 e. The van der Waals surface area contributed by atoms with Crippen molar-refractivity contribution in [2.75, 3.05) is 19.8 Å². The highest BCUT2D eigenvalue weighted by Gasteiger charge is 2.19. The lowest BCUT2D eigenvalue weighted by Crippen LogP contribution is -2.31. The van der Waals surface area contributed by atoms with Crippen molar-refractivity contribution in [3.8, 4) is 0 Å². The van der Waals surface area contributed by atoms with Crippen LogP contribution in [0.2, 0.25) is 0 Å². The van der Waals surface area contributed by atoms with E-state index in [0.29, 0.717) is 6.04 Å². The van der Waals surface area contributed by atoms with Crippen molar-refractivity contribution in [3.63, 3.8) is 0 Å². The normalized spacial score (nSPS) is 22.9. The molecule has 0 aromatic heterocycles. The van der Waals surface area contributed by atoms with Crippen LogP contribution in [-0.4, -0.2) is 25.8 Å². The third-order valence-electron chi connectivity index (χ3n) is 3.04. The van der Waals surface area contributed by atoms with Gasteiger partial charge in [-0.05, 0) is 44.6 Å². The first-order chi connectivity index (χ1) is 7.36. The van der Waals surface area contributed by atoms with Gasteiger partial charge in [-0.25, -0.2) is 0 Å². The largest absolute Gasteiger partial charge is 0.381 e. The third-order valence-corrected chi connectivity index (χ3v) is 3.04. The fourth-order valence-electron chi connectivity index (χ4n) is 2.14. The first-order valence-corrected chi connectivity index (χ1v) is 6.28. The molecule has 1 fully saturated rings. The minimum absolute atomic E-state index is 0.662. The summed E-state index contributed by atoms with van der Waals surface area (Å²) >= 11 is 0. The molecule has 2 heteroatoms. The van der Waals surface area contributed by atoms with Crippen LogP contribution in [0.25, 0.3) is 0 Å². The summed E-state index contributed by atoms with van der Waals surface area (Å²) in [5.41, 5.74) is 0. The first-order valence-electron chi connectivity index (χ1n) is 6.28. The second kappa shape index (κ2) is 7.89. The van der Waals surface area contributed by atoms with Crippen LogP contribution in [0.4, 0.5) is 0 Å². The molecule has 0 saturated carbocycles. The van der Waals surface area contributed by atoms with E-state index in [9.17, 15) is 0 Å². The van der Waals surface area contributed by atoms with Crippen molar-refractivity contribution in [2.24, 2.45) is 5.92 Å². The molecule has 0 bridgehead atoms. The highest BCUT2D eigenvalue weighted by atomic mass is 16.5. The molecule has 0 radical (unpaired) electrons. The zero-order valence-corrected chi connectivity index (χ0v) is 10.0. The highest BCUT2D eigenvalue weighted by Crippen LogP contribution is 2.20. The van der Waals surface area contributed by atoms with E-state index in [1.54, 1.807) is 0 Å². The lowest BCUT2D eigenvalue weighted by atomic mass is 9.96. The van der Waals surface area contributed by atoms with Crippen molar-refractivity contribution >= 4 is 0 Å². The smallest absolute Gasteiger partial charge is 0.0495 e. The lowest BCUT2D eigenvalue weighted by Gasteiger charge is -2.20. The van der Waals surface area contributed by atoms with Gasteiger partial charge in [0, 0.05) is 19.3 Å². The van der Waals surface area contributed by atoms with Gasteiger partial charge in [0.25, 0.3) is 0 Å². The number of nitrogens with one attached hydrogen (secondary N) is 1. The van der Waals surface area contributed by atoms with Crippen molar-refractivity contribution < 1.29 is 4.74 Å². The molecule has 1 aliphatic rings. The van der Waals surface area contributed by atoms with Crippen molar-refractivity contribution in [3.05, 3.63) is 12.7 Å². The summed E-state index contributed by atoms with van der Waals surface area (Å²) in [5, 5.41) is 3.63. The maximum absolute atomic E-state index is 5.42. The number of rotatable bonds is 8. The van der Waals surface area contributed by atoms with E-state index in [1.165, 1.54) is 25.7 Å². The number of hydrogen-bond donors (Lipinski definition) is 1. The molecule has 1 heterocycles. The van der Waals surface area contributed by atoms with Crippen LogP contribution in [-0.2, 0) is 4.74 Å². The van der Waals surface area contributed by atoms with Gasteiger partial charge in [-0.15, -0.1) is 6.58 Å². The minimum atomic E-state index is 0.662. The van der Waals surface area contributed by atoms with Gasteiger partial charge in [0.2, 0.25) is 0 Å². The Balaban J connectivity index is 2.22. The van der Waals surface area contributed by atoms with Gasteiger partial charge >= 0.3 is 0 Å². The standard InChI is InChI=1S/C13H25NO/c1-3-5-6-13(14-8-4-2)10-12-7-9-15-11-12/h3,12-14H,1,4-11H2,2H3. The molecule has 15 heavy (non-hydrogen) atoms. The lowest BCUT2D eigenvalue weighted by molar-refractivity contribution is 0.181. The molecule has 0 aromatic carbocycles. The number of allylic oxidation sites excluding steroid dienone is 1. The zero-order valence-electron chi connectivity index (χ0n) is 10.0. The van der Waals surface area contributed by atoms with Crippen LogP contribution in [0.3, 0.4) is 0 Å². The van der Waals surface area contributed by atoms with Gasteiger partial charge in [-0.3, -0.25) is 0 Å². The predicted octanol–water partition coefficient (Wildman–Crippen LogP) is 2.75. The molecule has 0 spiro atoms. The molecule has 0 aromatic rings. The molecule has 2 nitrogen and oxygen atoms in total. The second-order valence-electron chi connectivity index (χ2n) is 4.48. The van der Waals surface area contributed by atoms with Gasteiger partial charge in [-0.1, -0.05) is 13.0 Å². The van der Waals surface area contributed by atoms with Crippen molar-refractivity contribution in [1.29, 1.82) is 0 Å². The Bertz CT molecular complexity index is 164. The summed E-state index contributed by atoms with van der Waals surface area (Å²) in [5.74, 6) is 0.782. The predicted molar refractivity (Wildman–Crippen MR) is 65.1 cm³/mol. The number of hydrogen-bond acceptors (Lipinski definition) is 2. The second-order valence-corrected chi connectivity index (χ2v) is 4.48. The van der Waals surface area contributed by atoms with Crippen LogP contribution in [0.1, 0.15) is 39.0 Å². The van der Waals surface area contributed by atoms with E-state index in [-0.39, 0.29) is 0 Å². The molecule has 0 amide bonds. The molecule has 1 aliphatic heterocycles. The van der Waals surface area contributed by atoms with E-state index in [2.05, 4.69) is 18.8 Å². The fraction of sp³-hybridized carbons (Fsp3) is 0.846. The summed E-state index contributed by atoms with van der Waals surface area (Å²) in [6.45, 7) is 9.08. The fourth-order valence-corrected chi connectivity index (χ4v) is 2.14. The SMILES string of the molecule is C=CCCC(CC1CCOC1)NCCC. The van der Waals surface area contributed by atoms with Crippen LogP contribution in [0.15, 0.2) is 12.7 Å². The van der Waals surface area contributed by atoms with E-state index < -0.39 is 0 Å². The average Bonchev–Trinajstić information content (AvgIpc) is 2.74. The molecule has 88 valence electrons. The van der Waals surface area contributed by atoms with Crippen LogP contribution in [0, 0.1) is 5.92 Å².